The Kier molecular flexibility index (Phi) is 5.59. The first-order chi connectivity index (χ1) is 12.7. The van der Waals surface area contributed by atoms with E-state index in [1.807, 2.05) is 0 Å². The highest BCUT2D eigenvalue weighted by molar-refractivity contribution is 9.10. The third-order valence-electron chi connectivity index (χ3n) is 3.67. The number of halogens is 2. The number of amidine groups is 1. The molecule has 0 spiro atoms. The monoisotopic (exact) mass is 464 g/mol. The third-order valence-corrected chi connectivity index (χ3v) is 4.94. The molecule has 1 aliphatic carbocycles. The van der Waals surface area contributed by atoms with Crippen molar-refractivity contribution in [3.05, 3.63) is 34.2 Å². The number of hydrogen-bond acceptors (Lipinski definition) is 8. The van der Waals surface area contributed by atoms with Crippen molar-refractivity contribution in [2.45, 2.75) is 25.0 Å². The van der Waals surface area contributed by atoms with Crippen molar-refractivity contribution in [1.29, 1.82) is 0 Å². The van der Waals surface area contributed by atoms with E-state index in [4.69, 9.17) is 9.88 Å². The molecule has 0 unspecified atom stereocenters. The molecule has 1 aliphatic rings. The Labute approximate surface area is 161 Å². The van der Waals surface area contributed by atoms with Crippen LogP contribution >= 0.6 is 15.9 Å². The number of oxime groups is 1. The smallest absolute Gasteiger partial charge is 0.287 e. The van der Waals surface area contributed by atoms with Crippen molar-refractivity contribution < 1.29 is 27.4 Å². The second kappa shape index (κ2) is 7.75. The largest absolute Gasteiger partial charge is 0.470 e. The van der Waals surface area contributed by atoms with Gasteiger partial charge in [0.15, 0.2) is 0 Å². The minimum absolute atomic E-state index is 0.0131. The van der Waals surface area contributed by atoms with E-state index in [1.165, 1.54) is 18.2 Å². The van der Waals surface area contributed by atoms with E-state index in [0.717, 1.165) is 0 Å². The lowest BCUT2D eigenvalue weighted by atomic mass is 9.90. The Morgan fingerprint density at radius 1 is 1.44 bits per heavy atom. The highest BCUT2D eigenvalue weighted by Gasteiger charge is 2.35. The molecule has 1 saturated carbocycles. The second-order valence-electron chi connectivity index (χ2n) is 5.69. The van der Waals surface area contributed by atoms with Crippen molar-refractivity contribution >= 4 is 37.7 Å². The molecule has 0 radical (unpaired) electrons. The first-order valence-corrected chi connectivity index (χ1v) is 9.83. The van der Waals surface area contributed by atoms with Gasteiger partial charge in [-0.15, -0.1) is 0 Å². The fourth-order valence-electron chi connectivity index (χ4n) is 2.39. The number of anilines is 1. The van der Waals surface area contributed by atoms with Gasteiger partial charge in [0.25, 0.3) is 16.1 Å². The van der Waals surface area contributed by atoms with Crippen LogP contribution in [-0.2, 0) is 10.2 Å². The van der Waals surface area contributed by atoms with Crippen LogP contribution in [0.1, 0.15) is 18.5 Å². The average molecular weight is 465 g/mol. The van der Waals surface area contributed by atoms with Gasteiger partial charge >= 0.3 is 0 Å². The molecule has 0 saturated heterocycles. The summed E-state index contributed by atoms with van der Waals surface area (Å²) >= 11 is 3.05. The van der Waals surface area contributed by atoms with Gasteiger partial charge < -0.3 is 15.3 Å². The highest BCUT2D eigenvalue weighted by atomic mass is 79.9. The molecule has 0 amide bonds. The number of hydrogen-bond donors (Lipinski definition) is 4. The summed E-state index contributed by atoms with van der Waals surface area (Å²) in [5.74, 6) is -0.637. The Balaban J connectivity index is 1.66. The summed E-state index contributed by atoms with van der Waals surface area (Å²) in [5.41, 5.74) is 0.395. The molecule has 11 nitrogen and oxygen atoms in total. The Morgan fingerprint density at radius 2 is 2.19 bits per heavy atom. The summed E-state index contributed by atoms with van der Waals surface area (Å²) < 4.78 is 47.9. The van der Waals surface area contributed by atoms with Gasteiger partial charge in [-0.05, 0) is 44.4 Å². The average Bonchev–Trinajstić information content (AvgIpc) is 3.01. The molecule has 3 rings (SSSR count). The predicted octanol–water partition coefficient (Wildman–Crippen LogP) is 0.922. The molecule has 146 valence electrons. The lowest BCUT2D eigenvalue weighted by molar-refractivity contribution is 0.0847. The topological polar surface area (TPSA) is 165 Å². The molecule has 1 fully saturated rings. The molecule has 14 heteroatoms. The minimum Gasteiger partial charge on any atom is -0.470 e. The van der Waals surface area contributed by atoms with Crippen LogP contribution in [0.5, 0.6) is 5.88 Å². The van der Waals surface area contributed by atoms with E-state index in [9.17, 15) is 18.0 Å². The quantitative estimate of drug-likeness (QED) is 0.212. The number of ether oxygens (including phenoxy) is 1. The zero-order valence-corrected chi connectivity index (χ0v) is 15.9. The Hall–Kier alpha value is -2.29. The molecule has 0 aliphatic heterocycles. The molecular weight excluding hydrogens is 451 g/mol. The van der Waals surface area contributed by atoms with Gasteiger partial charge in [0.1, 0.15) is 11.9 Å². The maximum Gasteiger partial charge on any atom is 0.287 e. The summed E-state index contributed by atoms with van der Waals surface area (Å²) in [5, 5.41) is 27.3. The van der Waals surface area contributed by atoms with Gasteiger partial charge in [0.05, 0.1) is 4.47 Å². The van der Waals surface area contributed by atoms with Crippen molar-refractivity contribution in [1.82, 2.24) is 15.0 Å². The lowest BCUT2D eigenvalue weighted by Gasteiger charge is -2.34. The summed E-state index contributed by atoms with van der Waals surface area (Å²) in [6.45, 7) is 0. The van der Waals surface area contributed by atoms with Crippen molar-refractivity contribution in [3.8, 4) is 5.88 Å². The molecule has 0 atom stereocenters. The van der Waals surface area contributed by atoms with Crippen LogP contribution in [0.4, 0.5) is 10.1 Å². The van der Waals surface area contributed by atoms with E-state index in [2.05, 4.69) is 46.1 Å². The number of nitrogens with zero attached hydrogens (tertiary/aromatic N) is 3. The van der Waals surface area contributed by atoms with Crippen LogP contribution in [0.2, 0.25) is 0 Å². The first kappa shape index (κ1) is 19.5. The maximum atomic E-state index is 13.3. The van der Waals surface area contributed by atoms with Crippen LogP contribution in [0, 0.1) is 5.82 Å². The fraction of sp³-hybridized carbons (Fsp3) is 0.308. The lowest BCUT2D eigenvalue weighted by Crippen LogP contribution is -2.50. The van der Waals surface area contributed by atoms with E-state index in [1.54, 1.807) is 0 Å². The number of aromatic nitrogens is 2. The van der Waals surface area contributed by atoms with Crippen LogP contribution < -0.4 is 19.9 Å². The zero-order valence-electron chi connectivity index (χ0n) is 13.5. The molecule has 5 N–H and O–H groups in total. The van der Waals surface area contributed by atoms with E-state index in [0.29, 0.717) is 18.5 Å². The Morgan fingerprint density at radius 3 is 2.81 bits per heavy atom. The van der Waals surface area contributed by atoms with E-state index < -0.39 is 16.0 Å². The minimum atomic E-state index is -3.78. The molecule has 2 aromatic rings. The third kappa shape index (κ3) is 4.91. The molecular formula is C13H14BrFN6O5S. The van der Waals surface area contributed by atoms with Crippen LogP contribution in [0.25, 0.3) is 0 Å². The summed E-state index contributed by atoms with van der Waals surface area (Å²) in [7, 11) is -3.78. The van der Waals surface area contributed by atoms with Gasteiger partial charge in [-0.1, -0.05) is 5.16 Å². The second-order valence-corrected chi connectivity index (χ2v) is 7.87. The number of benzene rings is 1. The van der Waals surface area contributed by atoms with Crippen molar-refractivity contribution in [2.24, 2.45) is 10.3 Å². The van der Waals surface area contributed by atoms with Crippen LogP contribution in [-0.4, -0.2) is 41.9 Å². The van der Waals surface area contributed by atoms with E-state index >= 15 is 0 Å². The van der Waals surface area contributed by atoms with Gasteiger partial charge in [-0.2, -0.15) is 13.1 Å². The van der Waals surface area contributed by atoms with Crippen molar-refractivity contribution in [2.75, 3.05) is 5.32 Å². The van der Waals surface area contributed by atoms with Gasteiger partial charge in [-0.3, -0.25) is 0 Å². The van der Waals surface area contributed by atoms with Crippen LogP contribution in [0.15, 0.2) is 32.5 Å². The predicted molar refractivity (Wildman–Crippen MR) is 94.0 cm³/mol. The molecule has 0 bridgehead atoms. The normalized spacial score (nSPS) is 20.2. The Bertz CT molecular complexity index is 962. The molecule has 1 aromatic heterocycles. The molecule has 1 aromatic carbocycles. The SMILES string of the molecule is NS(=O)(=O)N[C@H]1C[C@@H](Oc2nonc2/C(=N/O)Nc2ccc(F)c(Br)c2)C1. The number of nitrogens with two attached hydrogens (primary N) is 1. The highest BCUT2D eigenvalue weighted by Crippen LogP contribution is 2.27. The van der Waals surface area contributed by atoms with Crippen molar-refractivity contribution in [3.63, 3.8) is 0 Å². The molecule has 27 heavy (non-hydrogen) atoms. The van der Waals surface area contributed by atoms with Crippen LogP contribution in [0.3, 0.4) is 0 Å². The maximum absolute atomic E-state index is 13.3. The summed E-state index contributed by atoms with van der Waals surface area (Å²) in [4.78, 5) is 0. The number of rotatable bonds is 6. The molecule has 1 heterocycles. The van der Waals surface area contributed by atoms with Gasteiger partial charge in [0, 0.05) is 24.6 Å². The summed E-state index contributed by atoms with van der Waals surface area (Å²) in [6.07, 6.45) is 0.383. The zero-order chi connectivity index (χ0) is 19.6. The van der Waals surface area contributed by atoms with E-state index in [-0.39, 0.29) is 34.0 Å². The summed E-state index contributed by atoms with van der Waals surface area (Å²) in [6, 6.07) is 3.74. The first-order valence-electron chi connectivity index (χ1n) is 7.49. The van der Waals surface area contributed by atoms with Gasteiger partial charge in [0.2, 0.25) is 11.5 Å². The van der Waals surface area contributed by atoms with Gasteiger partial charge in [-0.25, -0.2) is 14.2 Å². The fourth-order valence-corrected chi connectivity index (χ4v) is 3.43. The number of nitrogens with one attached hydrogen (secondary N) is 2. The standard InChI is InChI=1S/C13H14BrFN6O5S/c14-9-5-6(1-2-10(9)15)17-12(18-22)11-13(20-26-19-11)25-8-3-7(4-8)21-27(16,23)24/h1-2,5,7-8,21-22H,3-4H2,(H,17,18)(H2,16,23,24)/t7-,8+.